The number of nitrogens with zero attached hydrogens (tertiary/aromatic N) is 2. The largest absolute Gasteiger partial charge is 0.424 e. The fourth-order valence-electron chi connectivity index (χ4n) is 1.47. The van der Waals surface area contributed by atoms with Crippen LogP contribution in [0.2, 0.25) is 5.02 Å². The summed E-state index contributed by atoms with van der Waals surface area (Å²) in [6, 6.07) is 5.50. The molecule has 88 valence electrons. The molecule has 0 amide bonds. The Hall–Kier alpha value is -1.81. The van der Waals surface area contributed by atoms with Gasteiger partial charge < -0.3 is 10.5 Å². The second kappa shape index (κ2) is 4.59. The Balaban J connectivity index is 2.31. The fourth-order valence-corrected chi connectivity index (χ4v) is 1.58. The van der Waals surface area contributed by atoms with Crippen molar-refractivity contribution in [2.45, 2.75) is 13.8 Å². The van der Waals surface area contributed by atoms with Crippen molar-refractivity contribution in [3.05, 3.63) is 40.5 Å². The van der Waals surface area contributed by atoms with E-state index in [1.54, 1.807) is 12.3 Å². The summed E-state index contributed by atoms with van der Waals surface area (Å²) in [5, 5.41) is 0.742. The molecule has 2 N–H and O–H groups in total. The molecule has 0 aliphatic carbocycles. The Bertz CT molecular complexity index is 534. The summed E-state index contributed by atoms with van der Waals surface area (Å²) in [7, 11) is 0. The molecule has 0 aliphatic rings. The number of benzene rings is 1. The lowest BCUT2D eigenvalue weighted by atomic mass is 10.1. The van der Waals surface area contributed by atoms with Crippen molar-refractivity contribution in [1.29, 1.82) is 0 Å². The second-order valence-corrected chi connectivity index (χ2v) is 4.12. The maximum absolute atomic E-state index is 6.07. The van der Waals surface area contributed by atoms with E-state index < -0.39 is 0 Å². The van der Waals surface area contributed by atoms with E-state index in [4.69, 9.17) is 22.1 Å². The quantitative estimate of drug-likeness (QED) is 0.888. The number of aromatic nitrogens is 2. The third-order valence-corrected chi connectivity index (χ3v) is 2.87. The fraction of sp³-hybridized carbons (Fsp3) is 0.167. The summed E-state index contributed by atoms with van der Waals surface area (Å²) in [4.78, 5) is 7.93. The molecule has 17 heavy (non-hydrogen) atoms. The number of anilines is 1. The first kappa shape index (κ1) is 11.7. The predicted octanol–water partition coefficient (Wildman–Crippen LogP) is 3.12. The van der Waals surface area contributed by atoms with E-state index in [0.717, 1.165) is 16.1 Å². The van der Waals surface area contributed by atoms with Crippen LogP contribution in [0.1, 0.15) is 11.1 Å². The Labute approximate surface area is 104 Å². The minimum Gasteiger partial charge on any atom is -0.424 e. The summed E-state index contributed by atoms with van der Waals surface area (Å²) in [5.74, 6) is 1.02. The molecule has 1 aromatic heterocycles. The Morgan fingerprint density at radius 3 is 2.47 bits per heavy atom. The van der Waals surface area contributed by atoms with Gasteiger partial charge in [0, 0.05) is 11.2 Å². The maximum Gasteiger partial charge on any atom is 0.323 e. The lowest BCUT2D eigenvalue weighted by Gasteiger charge is -2.08. The molecule has 1 heterocycles. The normalized spacial score (nSPS) is 10.3. The zero-order chi connectivity index (χ0) is 12.4. The molecule has 0 bridgehead atoms. The smallest absolute Gasteiger partial charge is 0.323 e. The second-order valence-electron chi connectivity index (χ2n) is 3.74. The van der Waals surface area contributed by atoms with E-state index >= 15 is 0 Å². The molecule has 2 aromatic rings. The highest BCUT2D eigenvalue weighted by Crippen LogP contribution is 2.27. The van der Waals surface area contributed by atoms with E-state index in [1.165, 1.54) is 0 Å². The van der Waals surface area contributed by atoms with Gasteiger partial charge in [-0.05, 0) is 43.2 Å². The summed E-state index contributed by atoms with van der Waals surface area (Å²) in [6.07, 6.45) is 1.55. The molecule has 0 saturated carbocycles. The summed E-state index contributed by atoms with van der Waals surface area (Å²) in [6.45, 7) is 3.84. The highest BCUT2D eigenvalue weighted by molar-refractivity contribution is 6.32. The van der Waals surface area contributed by atoms with Crippen molar-refractivity contribution in [3.63, 3.8) is 0 Å². The first-order valence-corrected chi connectivity index (χ1v) is 5.47. The van der Waals surface area contributed by atoms with E-state index in [9.17, 15) is 0 Å². The van der Waals surface area contributed by atoms with Crippen LogP contribution in [0, 0.1) is 13.8 Å². The molecule has 0 atom stereocenters. The van der Waals surface area contributed by atoms with Gasteiger partial charge in [-0.1, -0.05) is 11.6 Å². The SMILES string of the molecule is Cc1cc(Oc2nccc(N)n2)cc(C)c1Cl. The van der Waals surface area contributed by atoms with Crippen LogP contribution >= 0.6 is 11.6 Å². The number of rotatable bonds is 2. The van der Waals surface area contributed by atoms with Gasteiger partial charge in [-0.25, -0.2) is 4.98 Å². The minimum absolute atomic E-state index is 0.228. The number of hydrogen-bond donors (Lipinski definition) is 1. The molecule has 0 saturated heterocycles. The average molecular weight is 250 g/mol. The number of ether oxygens (including phenoxy) is 1. The van der Waals surface area contributed by atoms with Gasteiger partial charge in [0.15, 0.2) is 0 Å². The molecular weight excluding hydrogens is 238 g/mol. The van der Waals surface area contributed by atoms with Gasteiger partial charge in [-0.3, -0.25) is 0 Å². The van der Waals surface area contributed by atoms with Crippen molar-refractivity contribution in [2.75, 3.05) is 5.73 Å². The third kappa shape index (κ3) is 2.65. The highest BCUT2D eigenvalue weighted by Gasteiger charge is 2.06. The topological polar surface area (TPSA) is 61.0 Å². The lowest BCUT2D eigenvalue weighted by molar-refractivity contribution is 0.442. The molecule has 0 radical (unpaired) electrons. The van der Waals surface area contributed by atoms with Crippen molar-refractivity contribution >= 4 is 17.4 Å². The minimum atomic E-state index is 0.228. The first-order chi connectivity index (χ1) is 8.06. The van der Waals surface area contributed by atoms with Gasteiger partial charge >= 0.3 is 6.01 Å². The molecule has 2 rings (SSSR count). The van der Waals surface area contributed by atoms with Gasteiger partial charge in [0.05, 0.1) is 0 Å². The van der Waals surface area contributed by atoms with Crippen LogP contribution in [-0.2, 0) is 0 Å². The van der Waals surface area contributed by atoms with Gasteiger partial charge in [-0.2, -0.15) is 4.98 Å². The zero-order valence-electron chi connectivity index (χ0n) is 9.57. The van der Waals surface area contributed by atoms with Crippen molar-refractivity contribution < 1.29 is 4.74 Å². The van der Waals surface area contributed by atoms with Crippen molar-refractivity contribution in [1.82, 2.24) is 9.97 Å². The first-order valence-electron chi connectivity index (χ1n) is 5.09. The van der Waals surface area contributed by atoms with Gasteiger partial charge in [0.25, 0.3) is 0 Å². The highest BCUT2D eigenvalue weighted by atomic mass is 35.5. The molecule has 0 unspecified atom stereocenters. The Kier molecular flexibility index (Phi) is 3.15. The third-order valence-electron chi connectivity index (χ3n) is 2.27. The number of aryl methyl sites for hydroxylation is 2. The maximum atomic E-state index is 6.07. The molecule has 5 heteroatoms. The number of nitrogens with two attached hydrogens (primary N) is 1. The monoisotopic (exact) mass is 249 g/mol. The summed E-state index contributed by atoms with van der Waals surface area (Å²) in [5.41, 5.74) is 7.44. The number of halogens is 1. The van der Waals surface area contributed by atoms with Crippen LogP contribution in [0.25, 0.3) is 0 Å². The standard InChI is InChI=1S/C12H12ClN3O/c1-7-5-9(6-8(2)11(7)13)17-12-15-4-3-10(14)16-12/h3-6H,1-2H3,(H2,14,15,16). The van der Waals surface area contributed by atoms with Crippen LogP contribution in [-0.4, -0.2) is 9.97 Å². The Morgan fingerprint density at radius 1 is 1.24 bits per heavy atom. The van der Waals surface area contributed by atoms with Crippen LogP contribution in [0.3, 0.4) is 0 Å². The molecule has 4 nitrogen and oxygen atoms in total. The molecule has 1 aromatic carbocycles. The molecular formula is C12H12ClN3O. The van der Waals surface area contributed by atoms with E-state index in [2.05, 4.69) is 9.97 Å². The summed E-state index contributed by atoms with van der Waals surface area (Å²) < 4.78 is 5.51. The molecule has 0 spiro atoms. The predicted molar refractivity (Wildman–Crippen MR) is 67.4 cm³/mol. The van der Waals surface area contributed by atoms with E-state index in [0.29, 0.717) is 11.6 Å². The number of nitrogen functional groups attached to an aromatic ring is 1. The summed E-state index contributed by atoms with van der Waals surface area (Å²) >= 11 is 6.07. The van der Waals surface area contributed by atoms with Crippen molar-refractivity contribution in [3.8, 4) is 11.8 Å². The average Bonchev–Trinajstić information content (AvgIpc) is 2.26. The van der Waals surface area contributed by atoms with E-state index in [1.807, 2.05) is 26.0 Å². The van der Waals surface area contributed by atoms with Crippen molar-refractivity contribution in [2.24, 2.45) is 0 Å². The van der Waals surface area contributed by atoms with Gasteiger partial charge in [-0.15, -0.1) is 0 Å². The van der Waals surface area contributed by atoms with Gasteiger partial charge in [0.1, 0.15) is 11.6 Å². The van der Waals surface area contributed by atoms with E-state index in [-0.39, 0.29) is 6.01 Å². The lowest BCUT2D eigenvalue weighted by Crippen LogP contribution is -1.96. The Morgan fingerprint density at radius 2 is 1.88 bits per heavy atom. The van der Waals surface area contributed by atoms with Crippen LogP contribution in [0.4, 0.5) is 5.82 Å². The number of hydrogen-bond acceptors (Lipinski definition) is 4. The molecule has 0 fully saturated rings. The zero-order valence-corrected chi connectivity index (χ0v) is 10.3. The van der Waals surface area contributed by atoms with Crippen LogP contribution in [0.5, 0.6) is 11.8 Å². The van der Waals surface area contributed by atoms with Crippen LogP contribution < -0.4 is 10.5 Å². The van der Waals surface area contributed by atoms with Gasteiger partial charge in [0.2, 0.25) is 0 Å². The molecule has 0 aliphatic heterocycles. The van der Waals surface area contributed by atoms with Crippen LogP contribution in [0.15, 0.2) is 24.4 Å².